The topological polar surface area (TPSA) is 41.1 Å². The number of nitrogens with one attached hydrogen (secondary N) is 2. The maximum absolute atomic E-state index is 12.5. The van der Waals surface area contributed by atoms with Crippen LogP contribution in [0.1, 0.15) is 5.56 Å². The molecule has 0 heterocycles. The molecule has 0 saturated carbocycles. The highest BCUT2D eigenvalue weighted by Gasteiger charge is 1.96. The van der Waals surface area contributed by atoms with Crippen molar-refractivity contribution in [1.82, 2.24) is 10.6 Å². The summed E-state index contributed by atoms with van der Waals surface area (Å²) >= 11 is 0. The van der Waals surface area contributed by atoms with E-state index in [9.17, 15) is 9.18 Å². The average Bonchev–Trinajstić information content (AvgIpc) is 2.16. The lowest BCUT2D eigenvalue weighted by Gasteiger charge is -2.03. The molecule has 0 radical (unpaired) electrons. The van der Waals surface area contributed by atoms with Gasteiger partial charge < -0.3 is 10.6 Å². The number of urea groups is 1. The smallest absolute Gasteiger partial charge is 0.314 e. The molecule has 0 bridgehead atoms. The van der Waals surface area contributed by atoms with Gasteiger partial charge in [-0.3, -0.25) is 0 Å². The number of rotatable bonds is 2. The third-order valence-corrected chi connectivity index (χ3v) is 1.59. The quantitative estimate of drug-likeness (QED) is 0.710. The largest absolute Gasteiger partial charge is 0.341 e. The number of halogens is 1. The molecule has 3 nitrogen and oxygen atoms in total. The van der Waals surface area contributed by atoms with Gasteiger partial charge >= 0.3 is 6.03 Å². The number of carbonyl (C=O) groups is 1. The van der Waals surface area contributed by atoms with Gasteiger partial charge in [0.2, 0.25) is 0 Å². The van der Waals surface area contributed by atoms with Crippen LogP contribution in [0.2, 0.25) is 0 Å². The van der Waals surface area contributed by atoms with Gasteiger partial charge in [0.05, 0.1) is 0 Å². The summed E-state index contributed by atoms with van der Waals surface area (Å²) in [6.45, 7) is 0.403. The Labute approximate surface area is 76.0 Å². The maximum atomic E-state index is 12.5. The van der Waals surface area contributed by atoms with Gasteiger partial charge in [-0.2, -0.15) is 0 Å². The van der Waals surface area contributed by atoms with Gasteiger partial charge in [0.25, 0.3) is 0 Å². The molecule has 0 aromatic heterocycles. The van der Waals surface area contributed by atoms with E-state index in [1.165, 1.54) is 12.1 Å². The van der Waals surface area contributed by atoms with Crippen LogP contribution in [0.3, 0.4) is 0 Å². The van der Waals surface area contributed by atoms with Crippen molar-refractivity contribution in [3.63, 3.8) is 0 Å². The summed E-state index contributed by atoms with van der Waals surface area (Å²) in [5.74, 6) is -0.274. The van der Waals surface area contributed by atoms with Gasteiger partial charge in [0.1, 0.15) is 5.82 Å². The molecule has 0 saturated heterocycles. The van der Waals surface area contributed by atoms with E-state index in [1.54, 1.807) is 19.2 Å². The first kappa shape index (κ1) is 9.51. The molecular formula is C9H11FN2O. The molecule has 0 aliphatic carbocycles. The fraction of sp³-hybridized carbons (Fsp3) is 0.222. The normalized spacial score (nSPS) is 9.38. The van der Waals surface area contributed by atoms with Crippen molar-refractivity contribution in [3.8, 4) is 0 Å². The van der Waals surface area contributed by atoms with E-state index in [4.69, 9.17) is 0 Å². The molecular weight excluding hydrogens is 171 g/mol. The minimum absolute atomic E-state index is 0.246. The van der Waals surface area contributed by atoms with Gasteiger partial charge in [-0.15, -0.1) is 0 Å². The molecule has 2 amide bonds. The van der Waals surface area contributed by atoms with Crippen LogP contribution in [0.5, 0.6) is 0 Å². The third-order valence-electron chi connectivity index (χ3n) is 1.59. The summed E-state index contributed by atoms with van der Waals surface area (Å²) in [7, 11) is 1.54. The lowest BCUT2D eigenvalue weighted by atomic mass is 10.2. The second-order valence-corrected chi connectivity index (χ2v) is 2.56. The minimum atomic E-state index is -0.274. The van der Waals surface area contributed by atoms with Crippen molar-refractivity contribution in [2.45, 2.75) is 6.54 Å². The van der Waals surface area contributed by atoms with Gasteiger partial charge in [0.15, 0.2) is 0 Å². The third kappa shape index (κ3) is 3.11. The molecule has 1 rings (SSSR count). The van der Waals surface area contributed by atoms with Crippen LogP contribution in [0, 0.1) is 5.82 Å². The molecule has 0 spiro atoms. The zero-order valence-electron chi connectivity index (χ0n) is 7.30. The standard InChI is InChI=1S/C9H11FN2O/c1-11-9(13)12-6-7-2-4-8(10)5-3-7/h2-5H,6H2,1H3,(H2,11,12,13). The van der Waals surface area contributed by atoms with Crippen molar-refractivity contribution in [2.24, 2.45) is 0 Å². The molecule has 1 aromatic carbocycles. The Kier molecular flexibility index (Phi) is 3.25. The van der Waals surface area contributed by atoms with Gasteiger partial charge in [-0.1, -0.05) is 12.1 Å². The van der Waals surface area contributed by atoms with Crippen molar-refractivity contribution >= 4 is 6.03 Å². The summed E-state index contributed by atoms with van der Waals surface area (Å²) in [4.78, 5) is 10.8. The van der Waals surface area contributed by atoms with E-state index < -0.39 is 0 Å². The molecule has 0 aliphatic rings. The molecule has 0 aliphatic heterocycles. The second kappa shape index (κ2) is 4.45. The lowest BCUT2D eigenvalue weighted by molar-refractivity contribution is 0.242. The Balaban J connectivity index is 2.46. The summed E-state index contributed by atoms with van der Waals surface area (Å²) in [5.41, 5.74) is 0.866. The lowest BCUT2D eigenvalue weighted by Crippen LogP contribution is -2.32. The van der Waals surface area contributed by atoms with Crippen molar-refractivity contribution < 1.29 is 9.18 Å². The van der Waals surface area contributed by atoms with E-state index in [-0.39, 0.29) is 11.8 Å². The van der Waals surface area contributed by atoms with Crippen molar-refractivity contribution in [3.05, 3.63) is 35.6 Å². The number of benzene rings is 1. The first-order chi connectivity index (χ1) is 6.22. The summed E-state index contributed by atoms with van der Waals surface area (Å²) in [6, 6.07) is 5.74. The Morgan fingerprint density at radius 2 is 2.00 bits per heavy atom. The fourth-order valence-corrected chi connectivity index (χ4v) is 0.873. The van der Waals surface area contributed by atoms with Crippen molar-refractivity contribution in [1.29, 1.82) is 0 Å². The number of amides is 2. The summed E-state index contributed by atoms with van der Waals surface area (Å²) in [5, 5.41) is 5.02. The molecule has 70 valence electrons. The number of hydrogen-bond acceptors (Lipinski definition) is 1. The molecule has 0 atom stereocenters. The Hall–Kier alpha value is -1.58. The molecule has 4 heteroatoms. The highest BCUT2D eigenvalue weighted by molar-refractivity contribution is 5.73. The van der Waals surface area contributed by atoms with Gasteiger partial charge in [-0.25, -0.2) is 9.18 Å². The van der Waals surface area contributed by atoms with E-state index in [1.807, 2.05) is 0 Å². The maximum Gasteiger partial charge on any atom is 0.314 e. The van der Waals surface area contributed by atoms with E-state index in [2.05, 4.69) is 10.6 Å². The van der Waals surface area contributed by atoms with E-state index in [0.717, 1.165) is 5.56 Å². The first-order valence-corrected chi connectivity index (χ1v) is 3.92. The fourth-order valence-electron chi connectivity index (χ4n) is 0.873. The number of hydrogen-bond donors (Lipinski definition) is 2. The number of carbonyl (C=O) groups excluding carboxylic acids is 1. The predicted molar refractivity (Wildman–Crippen MR) is 47.7 cm³/mol. The molecule has 0 fully saturated rings. The summed E-state index contributed by atoms with van der Waals surface area (Å²) < 4.78 is 12.5. The second-order valence-electron chi connectivity index (χ2n) is 2.56. The highest BCUT2D eigenvalue weighted by atomic mass is 19.1. The molecule has 2 N–H and O–H groups in total. The SMILES string of the molecule is CNC(=O)NCc1ccc(F)cc1. The Bertz CT molecular complexity index is 284. The van der Waals surface area contributed by atoms with Crippen LogP contribution in [0.25, 0.3) is 0 Å². The van der Waals surface area contributed by atoms with Crippen LogP contribution in [-0.2, 0) is 6.54 Å². The first-order valence-electron chi connectivity index (χ1n) is 3.92. The van der Waals surface area contributed by atoms with Crippen molar-refractivity contribution in [2.75, 3.05) is 7.05 Å². The summed E-state index contributed by atoms with van der Waals surface area (Å²) in [6.07, 6.45) is 0. The highest BCUT2D eigenvalue weighted by Crippen LogP contribution is 2.01. The Morgan fingerprint density at radius 3 is 2.54 bits per heavy atom. The predicted octanol–water partition coefficient (Wildman–Crippen LogP) is 1.25. The zero-order chi connectivity index (χ0) is 9.68. The van der Waals surface area contributed by atoms with Crippen LogP contribution in [0.4, 0.5) is 9.18 Å². The van der Waals surface area contributed by atoms with Crippen LogP contribution in [0.15, 0.2) is 24.3 Å². The van der Waals surface area contributed by atoms with Gasteiger partial charge in [-0.05, 0) is 17.7 Å². The van der Waals surface area contributed by atoms with Gasteiger partial charge in [0, 0.05) is 13.6 Å². The Morgan fingerprint density at radius 1 is 1.38 bits per heavy atom. The molecule has 1 aromatic rings. The van der Waals surface area contributed by atoms with E-state index in [0.29, 0.717) is 6.54 Å². The minimum Gasteiger partial charge on any atom is -0.341 e. The van der Waals surface area contributed by atoms with Crippen LogP contribution >= 0.6 is 0 Å². The van der Waals surface area contributed by atoms with Crippen LogP contribution < -0.4 is 10.6 Å². The molecule has 13 heavy (non-hydrogen) atoms. The average molecular weight is 182 g/mol. The van der Waals surface area contributed by atoms with E-state index >= 15 is 0 Å². The van der Waals surface area contributed by atoms with Crippen LogP contribution in [-0.4, -0.2) is 13.1 Å². The molecule has 0 unspecified atom stereocenters. The monoisotopic (exact) mass is 182 g/mol. The zero-order valence-corrected chi connectivity index (χ0v) is 7.30.